The minimum atomic E-state index is -1.06. The summed E-state index contributed by atoms with van der Waals surface area (Å²) in [7, 11) is 3.56. The van der Waals surface area contributed by atoms with Crippen molar-refractivity contribution in [2.75, 3.05) is 20.7 Å². The second-order valence-corrected chi connectivity index (χ2v) is 8.22. The van der Waals surface area contributed by atoms with Crippen LogP contribution in [0.15, 0.2) is 48.4 Å². The van der Waals surface area contributed by atoms with E-state index in [-0.39, 0.29) is 11.8 Å². The lowest BCUT2D eigenvalue weighted by Gasteiger charge is -2.43. The van der Waals surface area contributed by atoms with E-state index in [1.807, 2.05) is 17.9 Å². The molecule has 6 nitrogen and oxygen atoms in total. The molecule has 2 aliphatic heterocycles. The van der Waals surface area contributed by atoms with Crippen LogP contribution in [-0.2, 0) is 14.3 Å². The number of amides is 2. The van der Waals surface area contributed by atoms with Gasteiger partial charge in [-0.1, -0.05) is 31.7 Å². The number of carbonyl (C=O) groups excluding carboxylic acids is 2. The predicted octanol–water partition coefficient (Wildman–Crippen LogP) is 4.12. The van der Waals surface area contributed by atoms with Crippen LogP contribution in [0.5, 0.6) is 0 Å². The van der Waals surface area contributed by atoms with E-state index in [9.17, 15) is 9.59 Å². The average Bonchev–Trinajstić information content (AvgIpc) is 2.92. The summed E-state index contributed by atoms with van der Waals surface area (Å²) in [5.74, 6) is -0.0391. The number of hydrogen-bond donors (Lipinski definition) is 0. The third kappa shape index (κ3) is 4.73. The smallest absolute Gasteiger partial charge is 0.287 e. The Morgan fingerprint density at radius 2 is 1.93 bits per heavy atom. The Bertz CT molecular complexity index is 794. The second kappa shape index (κ2) is 10.2. The van der Waals surface area contributed by atoms with Crippen molar-refractivity contribution < 1.29 is 14.3 Å². The zero-order chi connectivity index (χ0) is 22.5. The maximum absolute atomic E-state index is 13.1. The molecule has 2 amide bonds. The van der Waals surface area contributed by atoms with Gasteiger partial charge in [0.25, 0.3) is 5.91 Å². The first-order valence-electron chi connectivity index (χ1n) is 10.4. The summed E-state index contributed by atoms with van der Waals surface area (Å²) in [4.78, 5) is 29.6. The fourth-order valence-electron chi connectivity index (χ4n) is 3.53. The maximum atomic E-state index is 13.1. The van der Waals surface area contributed by atoms with E-state index >= 15 is 0 Å². The van der Waals surface area contributed by atoms with Gasteiger partial charge >= 0.3 is 0 Å². The highest BCUT2D eigenvalue weighted by Crippen LogP contribution is 2.43. The average molecular weight is 432 g/mol. The Morgan fingerprint density at radius 3 is 2.43 bits per heavy atom. The number of carbonyl (C=O) groups is 2. The first-order chi connectivity index (χ1) is 14.2. The van der Waals surface area contributed by atoms with Crippen LogP contribution in [0.4, 0.5) is 0 Å². The number of allylic oxidation sites excluding steroid dienone is 5. The van der Waals surface area contributed by atoms with E-state index in [0.717, 1.165) is 25.0 Å². The molecule has 164 valence electrons. The molecule has 0 aromatic carbocycles. The van der Waals surface area contributed by atoms with Crippen molar-refractivity contribution in [1.82, 2.24) is 14.7 Å². The molecule has 2 heterocycles. The highest BCUT2D eigenvalue weighted by molar-refractivity contribution is 7.80. The van der Waals surface area contributed by atoms with Gasteiger partial charge in [0.15, 0.2) is 5.11 Å². The maximum Gasteiger partial charge on any atom is 0.287 e. The van der Waals surface area contributed by atoms with Crippen molar-refractivity contribution in [2.24, 2.45) is 0 Å². The number of ether oxygens (including phenoxy) is 1. The number of thiocarbonyl (C=S) groups is 1. The summed E-state index contributed by atoms with van der Waals surface area (Å²) in [6, 6.07) is 0. The van der Waals surface area contributed by atoms with Gasteiger partial charge in [-0.2, -0.15) is 0 Å². The molecule has 0 bridgehead atoms. The highest BCUT2D eigenvalue weighted by Gasteiger charge is 2.61. The minimum absolute atomic E-state index is 0.161. The third-order valence-corrected chi connectivity index (χ3v) is 5.87. The molecule has 1 spiro atoms. The molecule has 0 unspecified atom stereocenters. The van der Waals surface area contributed by atoms with Gasteiger partial charge in [0.1, 0.15) is 0 Å². The molecule has 0 N–H and O–H groups in total. The van der Waals surface area contributed by atoms with Gasteiger partial charge < -0.3 is 9.64 Å². The first kappa shape index (κ1) is 24.0. The van der Waals surface area contributed by atoms with E-state index in [2.05, 4.69) is 26.2 Å². The fourth-order valence-corrected chi connectivity index (χ4v) is 3.99. The third-order valence-electron chi connectivity index (χ3n) is 5.51. The molecule has 2 fully saturated rings. The summed E-state index contributed by atoms with van der Waals surface area (Å²) < 4.78 is 5.78. The molecule has 1 atom stereocenters. The topological polar surface area (TPSA) is 53.1 Å². The molecule has 2 rings (SSSR count). The van der Waals surface area contributed by atoms with E-state index in [0.29, 0.717) is 36.7 Å². The Labute approximate surface area is 185 Å². The number of rotatable bonds is 10. The van der Waals surface area contributed by atoms with Gasteiger partial charge in [0.05, 0.1) is 6.61 Å². The number of hydrogen-bond acceptors (Lipinski definition) is 4. The van der Waals surface area contributed by atoms with Crippen molar-refractivity contribution in [2.45, 2.75) is 58.1 Å². The summed E-state index contributed by atoms with van der Waals surface area (Å²) in [6.07, 6.45) is 10.2. The predicted molar refractivity (Wildman–Crippen MR) is 123 cm³/mol. The van der Waals surface area contributed by atoms with Crippen molar-refractivity contribution >= 4 is 29.1 Å². The van der Waals surface area contributed by atoms with Crippen LogP contribution >= 0.6 is 12.2 Å². The standard InChI is InChI=1S/C23H33N3O3S/c1-7-18(4)25-21(28)23(15-16-29-23)26(22(25)30)19(8-2)14-13-17(3)11-9-10-12-20(27)24(5)6/h7,13-14H,1,4,8-12,15-16H2,2-3,5-6H3/b17-13+,19-14+/t23-/m0/s1. The lowest BCUT2D eigenvalue weighted by Crippen LogP contribution is -2.58. The zero-order valence-electron chi connectivity index (χ0n) is 18.6. The molecule has 7 heteroatoms. The second-order valence-electron chi connectivity index (χ2n) is 7.86. The molecular weight excluding hydrogens is 398 g/mol. The van der Waals surface area contributed by atoms with Gasteiger partial charge in [-0.05, 0) is 57.0 Å². The molecule has 30 heavy (non-hydrogen) atoms. The summed E-state index contributed by atoms with van der Waals surface area (Å²) in [6.45, 7) is 12.2. The Morgan fingerprint density at radius 1 is 1.30 bits per heavy atom. The lowest BCUT2D eigenvalue weighted by atomic mass is 10.0. The van der Waals surface area contributed by atoms with Gasteiger partial charge in [0, 0.05) is 38.3 Å². The van der Waals surface area contributed by atoms with Crippen molar-refractivity contribution in [1.29, 1.82) is 0 Å². The Balaban J connectivity index is 2.12. The molecule has 2 saturated heterocycles. The summed E-state index contributed by atoms with van der Waals surface area (Å²) in [5, 5.41) is 0.381. The van der Waals surface area contributed by atoms with Gasteiger partial charge in [-0.3, -0.25) is 19.4 Å². The van der Waals surface area contributed by atoms with Crippen LogP contribution in [0.1, 0.15) is 52.4 Å². The molecular formula is C23H33N3O3S. The normalized spacial score (nSPS) is 21.9. The van der Waals surface area contributed by atoms with Gasteiger partial charge in [0.2, 0.25) is 11.6 Å². The monoisotopic (exact) mass is 431 g/mol. The quantitative estimate of drug-likeness (QED) is 0.296. The van der Waals surface area contributed by atoms with Crippen molar-refractivity contribution in [3.05, 3.63) is 48.4 Å². The number of nitrogens with zero attached hydrogens (tertiary/aromatic N) is 3. The zero-order valence-corrected chi connectivity index (χ0v) is 19.4. The Hall–Kier alpha value is -2.25. The molecule has 0 aliphatic carbocycles. The van der Waals surface area contributed by atoms with Crippen LogP contribution in [0.25, 0.3) is 0 Å². The molecule has 0 radical (unpaired) electrons. The fraction of sp³-hybridized carbons (Fsp3) is 0.522. The highest BCUT2D eigenvalue weighted by atomic mass is 32.1. The van der Waals surface area contributed by atoms with Crippen LogP contribution < -0.4 is 0 Å². The van der Waals surface area contributed by atoms with Crippen LogP contribution in [-0.4, -0.2) is 58.1 Å². The SMILES string of the molecule is C=CC(=C)N1C(=O)[C@@]2(CCO2)N(/C(=C/C=C(\C)CCCCC(=O)N(C)C)CC)C1=S. The van der Waals surface area contributed by atoms with Gasteiger partial charge in [-0.25, -0.2) is 0 Å². The molecule has 0 saturated carbocycles. The lowest BCUT2D eigenvalue weighted by molar-refractivity contribution is -0.203. The first-order valence-corrected chi connectivity index (χ1v) is 10.8. The van der Waals surface area contributed by atoms with Crippen molar-refractivity contribution in [3.63, 3.8) is 0 Å². The summed E-state index contributed by atoms with van der Waals surface area (Å²) >= 11 is 5.63. The molecule has 2 aliphatic rings. The Kier molecular flexibility index (Phi) is 8.15. The van der Waals surface area contributed by atoms with E-state index in [4.69, 9.17) is 17.0 Å². The van der Waals surface area contributed by atoms with E-state index in [1.54, 1.807) is 19.0 Å². The van der Waals surface area contributed by atoms with E-state index in [1.165, 1.54) is 16.5 Å². The minimum Gasteiger partial charge on any atom is -0.349 e. The van der Waals surface area contributed by atoms with E-state index < -0.39 is 5.72 Å². The van der Waals surface area contributed by atoms with Crippen LogP contribution in [0.2, 0.25) is 0 Å². The number of unbranched alkanes of at least 4 members (excludes halogenated alkanes) is 1. The summed E-state index contributed by atoms with van der Waals surface area (Å²) in [5.41, 5.74) is 1.54. The molecule has 0 aromatic heterocycles. The van der Waals surface area contributed by atoms with Crippen molar-refractivity contribution in [3.8, 4) is 0 Å². The largest absolute Gasteiger partial charge is 0.349 e. The van der Waals surface area contributed by atoms with Crippen LogP contribution in [0.3, 0.4) is 0 Å². The van der Waals surface area contributed by atoms with Crippen LogP contribution in [0, 0.1) is 0 Å². The van der Waals surface area contributed by atoms with Gasteiger partial charge in [-0.15, -0.1) is 0 Å². The molecule has 0 aromatic rings.